The molecule has 0 atom stereocenters. The Balaban J connectivity index is 1.55. The van der Waals surface area contributed by atoms with Crippen molar-refractivity contribution in [2.45, 2.75) is 45.3 Å². The Hall–Kier alpha value is -2.72. The quantitative estimate of drug-likeness (QED) is 0.454. The molecular formula is C21H25F2N7. The van der Waals surface area contributed by atoms with E-state index in [-0.39, 0.29) is 6.17 Å². The second-order valence-electron chi connectivity index (χ2n) is 7.20. The molecule has 0 amide bonds. The summed E-state index contributed by atoms with van der Waals surface area (Å²) in [6.45, 7) is 2.48. The van der Waals surface area contributed by atoms with Crippen molar-refractivity contribution in [1.29, 1.82) is 0 Å². The van der Waals surface area contributed by atoms with Gasteiger partial charge >= 0.3 is 0 Å². The largest absolute Gasteiger partial charge is 0.299 e. The predicted octanol–water partition coefficient (Wildman–Crippen LogP) is 3.39. The standard InChI is InChI=1S/C21H25F2N7/c1-2-3-8-18-24-21(19(22)23)27-30(18)13-14-9-11-15(12-10-14)16-6-4-5-7-17(16)20-25-28-29-26-20/h4-7,9-12,19-20,25-26,28-29H,2-3,8,13H2,1H3. The summed E-state index contributed by atoms with van der Waals surface area (Å²) in [5.74, 6) is 0.213. The number of hydrogen-bond acceptors (Lipinski definition) is 6. The van der Waals surface area contributed by atoms with Crippen molar-refractivity contribution in [3.8, 4) is 11.1 Å². The van der Waals surface area contributed by atoms with Crippen LogP contribution in [0, 0.1) is 0 Å². The zero-order valence-electron chi connectivity index (χ0n) is 16.7. The fourth-order valence-corrected chi connectivity index (χ4v) is 3.51. The van der Waals surface area contributed by atoms with Crippen molar-refractivity contribution in [2.24, 2.45) is 0 Å². The number of alkyl halides is 2. The van der Waals surface area contributed by atoms with E-state index in [4.69, 9.17) is 0 Å². The normalized spacial score (nSPS) is 14.7. The third-order valence-electron chi connectivity index (χ3n) is 5.08. The Morgan fingerprint density at radius 3 is 2.47 bits per heavy atom. The summed E-state index contributed by atoms with van der Waals surface area (Å²) >= 11 is 0. The van der Waals surface area contributed by atoms with Gasteiger partial charge in [-0.2, -0.15) is 11.1 Å². The van der Waals surface area contributed by atoms with Gasteiger partial charge in [-0.15, -0.1) is 5.10 Å². The SMILES string of the molecule is CCCCc1nc(C(F)F)nn1Cc1ccc(-c2ccccc2C2NNNN2)cc1. The summed E-state index contributed by atoms with van der Waals surface area (Å²) in [5.41, 5.74) is 16.1. The molecular weight excluding hydrogens is 388 g/mol. The number of rotatable bonds is 8. The minimum absolute atomic E-state index is 0.0649. The summed E-state index contributed by atoms with van der Waals surface area (Å²) in [4.78, 5) is 4.04. The third kappa shape index (κ3) is 4.54. The van der Waals surface area contributed by atoms with Crippen LogP contribution in [0.3, 0.4) is 0 Å². The average Bonchev–Trinajstić information content (AvgIpc) is 3.43. The van der Waals surface area contributed by atoms with Crippen molar-refractivity contribution in [1.82, 2.24) is 36.7 Å². The van der Waals surface area contributed by atoms with E-state index in [1.807, 2.05) is 36.4 Å². The highest BCUT2D eigenvalue weighted by Crippen LogP contribution is 2.28. The van der Waals surface area contributed by atoms with Crippen LogP contribution in [0.25, 0.3) is 11.1 Å². The summed E-state index contributed by atoms with van der Waals surface area (Å²) in [7, 11) is 0. The van der Waals surface area contributed by atoms with Crippen LogP contribution < -0.4 is 21.9 Å². The minimum atomic E-state index is -2.66. The third-order valence-corrected chi connectivity index (χ3v) is 5.08. The highest BCUT2D eigenvalue weighted by molar-refractivity contribution is 5.68. The average molecular weight is 413 g/mol. The lowest BCUT2D eigenvalue weighted by atomic mass is 9.97. The van der Waals surface area contributed by atoms with E-state index in [0.717, 1.165) is 35.1 Å². The van der Waals surface area contributed by atoms with Crippen molar-refractivity contribution in [3.63, 3.8) is 0 Å². The summed E-state index contributed by atoms with van der Waals surface area (Å²) in [6.07, 6.45) is -0.215. The molecule has 9 heteroatoms. The molecule has 30 heavy (non-hydrogen) atoms. The monoisotopic (exact) mass is 413 g/mol. The van der Waals surface area contributed by atoms with E-state index in [9.17, 15) is 8.78 Å². The van der Waals surface area contributed by atoms with Gasteiger partial charge in [-0.1, -0.05) is 61.9 Å². The van der Waals surface area contributed by atoms with Crippen LogP contribution in [-0.4, -0.2) is 14.8 Å². The van der Waals surface area contributed by atoms with Gasteiger partial charge in [-0.05, 0) is 28.7 Å². The van der Waals surface area contributed by atoms with E-state index in [1.165, 1.54) is 0 Å². The number of hydrazine groups is 3. The summed E-state index contributed by atoms with van der Waals surface area (Å²) in [6, 6.07) is 16.2. The fraction of sp³-hybridized carbons (Fsp3) is 0.333. The minimum Gasteiger partial charge on any atom is -0.245 e. The Bertz CT molecular complexity index is 966. The smallest absolute Gasteiger partial charge is 0.245 e. The van der Waals surface area contributed by atoms with Crippen molar-refractivity contribution < 1.29 is 8.78 Å². The van der Waals surface area contributed by atoms with E-state index in [2.05, 4.69) is 51.1 Å². The molecule has 0 aliphatic carbocycles. The van der Waals surface area contributed by atoms with E-state index >= 15 is 0 Å². The lowest BCUT2D eigenvalue weighted by Crippen LogP contribution is -2.33. The maximum atomic E-state index is 13.1. The van der Waals surface area contributed by atoms with Crippen LogP contribution in [0.1, 0.15) is 55.1 Å². The van der Waals surface area contributed by atoms with Gasteiger partial charge < -0.3 is 0 Å². The highest BCUT2D eigenvalue weighted by Gasteiger charge is 2.19. The molecule has 4 rings (SSSR count). The van der Waals surface area contributed by atoms with Gasteiger partial charge in [0.15, 0.2) is 0 Å². The predicted molar refractivity (Wildman–Crippen MR) is 110 cm³/mol. The van der Waals surface area contributed by atoms with E-state index in [1.54, 1.807) is 4.68 Å². The number of benzene rings is 2. The van der Waals surface area contributed by atoms with Gasteiger partial charge in [0, 0.05) is 6.42 Å². The molecule has 2 heterocycles. The first-order chi connectivity index (χ1) is 14.7. The second kappa shape index (κ2) is 9.40. The number of nitrogens with zero attached hydrogens (tertiary/aromatic N) is 3. The molecule has 1 aliphatic heterocycles. The van der Waals surface area contributed by atoms with Gasteiger partial charge in [0.05, 0.1) is 6.54 Å². The number of aromatic nitrogens is 3. The molecule has 0 bridgehead atoms. The Labute approximate surface area is 173 Å². The van der Waals surface area contributed by atoms with Crippen molar-refractivity contribution in [3.05, 3.63) is 71.3 Å². The molecule has 1 aromatic heterocycles. The lowest BCUT2D eigenvalue weighted by Gasteiger charge is -2.15. The Kier molecular flexibility index (Phi) is 6.44. The maximum Gasteiger partial charge on any atom is 0.299 e. The van der Waals surface area contributed by atoms with Gasteiger partial charge in [0.25, 0.3) is 6.43 Å². The molecule has 0 unspecified atom stereocenters. The van der Waals surface area contributed by atoms with Gasteiger partial charge in [-0.25, -0.2) is 29.3 Å². The number of hydrogen-bond donors (Lipinski definition) is 4. The van der Waals surface area contributed by atoms with E-state index in [0.29, 0.717) is 18.8 Å². The highest BCUT2D eigenvalue weighted by atomic mass is 19.3. The molecule has 0 saturated carbocycles. The number of aryl methyl sites for hydroxylation is 1. The van der Waals surface area contributed by atoms with E-state index < -0.39 is 12.2 Å². The number of unbranched alkanes of at least 4 members (excludes halogenated alkanes) is 1. The molecule has 7 nitrogen and oxygen atoms in total. The zero-order chi connectivity index (χ0) is 20.9. The molecule has 158 valence electrons. The van der Waals surface area contributed by atoms with Crippen LogP contribution in [0.15, 0.2) is 48.5 Å². The summed E-state index contributed by atoms with van der Waals surface area (Å²) < 4.78 is 27.7. The van der Waals surface area contributed by atoms with Crippen molar-refractivity contribution >= 4 is 0 Å². The van der Waals surface area contributed by atoms with Crippen LogP contribution in [0.4, 0.5) is 8.78 Å². The van der Waals surface area contributed by atoms with Crippen LogP contribution in [-0.2, 0) is 13.0 Å². The van der Waals surface area contributed by atoms with Gasteiger partial charge in [0.1, 0.15) is 12.0 Å². The molecule has 0 spiro atoms. The van der Waals surface area contributed by atoms with Crippen LogP contribution >= 0.6 is 0 Å². The first kappa shape index (κ1) is 20.5. The van der Waals surface area contributed by atoms with Crippen LogP contribution in [0.2, 0.25) is 0 Å². The molecule has 3 aromatic rings. The number of halogens is 2. The number of nitrogens with one attached hydrogen (secondary N) is 4. The second-order valence-corrected chi connectivity index (χ2v) is 7.20. The molecule has 2 aromatic carbocycles. The van der Waals surface area contributed by atoms with Gasteiger partial charge in [0.2, 0.25) is 5.82 Å². The Morgan fingerprint density at radius 1 is 1.03 bits per heavy atom. The van der Waals surface area contributed by atoms with Gasteiger partial charge in [-0.3, -0.25) is 0 Å². The molecule has 1 fully saturated rings. The fourth-order valence-electron chi connectivity index (χ4n) is 3.51. The molecule has 1 aliphatic rings. The zero-order valence-corrected chi connectivity index (χ0v) is 16.7. The van der Waals surface area contributed by atoms with Crippen molar-refractivity contribution in [2.75, 3.05) is 0 Å². The Morgan fingerprint density at radius 2 is 1.77 bits per heavy atom. The van der Waals surface area contributed by atoms with Crippen LogP contribution in [0.5, 0.6) is 0 Å². The first-order valence-electron chi connectivity index (χ1n) is 10.1. The first-order valence-corrected chi connectivity index (χ1v) is 10.1. The maximum absolute atomic E-state index is 13.1. The molecule has 4 N–H and O–H groups in total. The lowest BCUT2D eigenvalue weighted by molar-refractivity contribution is 0.140. The molecule has 1 saturated heterocycles. The topological polar surface area (TPSA) is 78.8 Å². The summed E-state index contributed by atoms with van der Waals surface area (Å²) in [5, 5.41) is 4.03. The molecule has 0 radical (unpaired) electrons.